The van der Waals surface area contributed by atoms with E-state index in [-0.39, 0.29) is 6.61 Å². The molecule has 3 rings (SSSR count). The van der Waals surface area contributed by atoms with E-state index in [1.54, 1.807) is 6.07 Å². The lowest BCUT2D eigenvalue weighted by Gasteiger charge is -2.37. The molecule has 0 spiro atoms. The highest BCUT2D eigenvalue weighted by Crippen LogP contribution is 2.38. The SMILES string of the molecule is Cc1nc(N2CCC(C#N)(CN)CC2)c(CO)nc1Sc1cccc(Cl)c1Cl. The number of nitrogens with two attached hydrogens (primary N) is 1. The Morgan fingerprint density at radius 2 is 2.04 bits per heavy atom. The third-order valence-electron chi connectivity index (χ3n) is 5.00. The predicted octanol–water partition coefficient (Wildman–Crippen LogP) is 3.80. The van der Waals surface area contributed by atoms with Crippen LogP contribution in [0, 0.1) is 23.7 Å². The van der Waals surface area contributed by atoms with Crippen LogP contribution in [0.4, 0.5) is 5.82 Å². The Labute approximate surface area is 178 Å². The lowest BCUT2D eigenvalue weighted by atomic mass is 9.80. The van der Waals surface area contributed by atoms with Crippen LogP contribution in [0.15, 0.2) is 28.1 Å². The molecule has 0 saturated carbocycles. The first kappa shape index (κ1) is 21.2. The van der Waals surface area contributed by atoms with Crippen molar-refractivity contribution in [2.24, 2.45) is 11.1 Å². The molecule has 0 unspecified atom stereocenters. The molecule has 0 bridgehead atoms. The largest absolute Gasteiger partial charge is 0.390 e. The van der Waals surface area contributed by atoms with Gasteiger partial charge in [-0.3, -0.25) is 0 Å². The van der Waals surface area contributed by atoms with Gasteiger partial charge in [-0.1, -0.05) is 41.0 Å². The first-order chi connectivity index (χ1) is 13.4. The van der Waals surface area contributed by atoms with E-state index in [1.807, 2.05) is 19.1 Å². The molecule has 0 atom stereocenters. The molecule has 1 aromatic carbocycles. The highest BCUT2D eigenvalue weighted by molar-refractivity contribution is 7.99. The highest BCUT2D eigenvalue weighted by Gasteiger charge is 2.34. The molecule has 2 aromatic rings. The van der Waals surface area contributed by atoms with E-state index in [4.69, 9.17) is 33.9 Å². The van der Waals surface area contributed by atoms with E-state index < -0.39 is 5.41 Å². The van der Waals surface area contributed by atoms with Crippen LogP contribution in [0.5, 0.6) is 0 Å². The third kappa shape index (κ3) is 4.22. The number of aliphatic hydroxyl groups excluding tert-OH is 1. The van der Waals surface area contributed by atoms with Gasteiger partial charge in [0.05, 0.1) is 33.8 Å². The van der Waals surface area contributed by atoms with Crippen molar-refractivity contribution >= 4 is 40.8 Å². The lowest BCUT2D eigenvalue weighted by molar-refractivity contribution is 0.273. The van der Waals surface area contributed by atoms with Gasteiger partial charge in [0.1, 0.15) is 10.7 Å². The minimum atomic E-state index is -0.475. The van der Waals surface area contributed by atoms with E-state index in [9.17, 15) is 10.4 Å². The number of hydrogen-bond acceptors (Lipinski definition) is 7. The number of aryl methyl sites for hydroxylation is 1. The van der Waals surface area contributed by atoms with Crippen LogP contribution in [-0.2, 0) is 6.61 Å². The zero-order valence-electron chi connectivity index (χ0n) is 15.5. The molecule has 1 aromatic heterocycles. The quantitative estimate of drug-likeness (QED) is 0.733. The Kier molecular flexibility index (Phi) is 6.69. The van der Waals surface area contributed by atoms with Crippen molar-refractivity contribution in [3.05, 3.63) is 39.6 Å². The van der Waals surface area contributed by atoms with Crippen molar-refractivity contribution < 1.29 is 5.11 Å². The number of anilines is 1. The summed E-state index contributed by atoms with van der Waals surface area (Å²) in [5.41, 5.74) is 6.57. The van der Waals surface area contributed by atoms with E-state index >= 15 is 0 Å². The van der Waals surface area contributed by atoms with Gasteiger partial charge in [-0.15, -0.1) is 0 Å². The molecule has 0 aliphatic carbocycles. The van der Waals surface area contributed by atoms with E-state index in [2.05, 4.69) is 16.0 Å². The number of rotatable bonds is 5. The molecular formula is C19H21Cl2N5OS. The fourth-order valence-electron chi connectivity index (χ4n) is 3.16. The Morgan fingerprint density at radius 1 is 1.32 bits per heavy atom. The second-order valence-electron chi connectivity index (χ2n) is 6.78. The monoisotopic (exact) mass is 437 g/mol. The van der Waals surface area contributed by atoms with Crippen LogP contribution < -0.4 is 10.6 Å². The van der Waals surface area contributed by atoms with E-state index in [1.165, 1.54) is 11.8 Å². The van der Waals surface area contributed by atoms with Crippen LogP contribution in [0.1, 0.15) is 24.2 Å². The standard InChI is InChI=1S/C19H21Cl2N5OS/c1-12-18(28-15-4-2-3-13(20)16(15)21)25-14(9-27)17(24-12)26-7-5-19(10-22,11-23)6-8-26/h2-4,27H,5-10,22H2,1H3. The van der Waals surface area contributed by atoms with Crippen molar-refractivity contribution in [1.29, 1.82) is 5.26 Å². The summed E-state index contributed by atoms with van der Waals surface area (Å²) in [4.78, 5) is 12.2. The zero-order valence-corrected chi connectivity index (χ0v) is 17.8. The minimum Gasteiger partial charge on any atom is -0.390 e. The smallest absolute Gasteiger partial charge is 0.153 e. The number of piperidine rings is 1. The first-order valence-electron chi connectivity index (χ1n) is 8.89. The van der Waals surface area contributed by atoms with Crippen LogP contribution in [0.25, 0.3) is 0 Å². The summed E-state index contributed by atoms with van der Waals surface area (Å²) in [6.07, 6.45) is 1.33. The summed E-state index contributed by atoms with van der Waals surface area (Å²) < 4.78 is 0. The summed E-state index contributed by atoms with van der Waals surface area (Å²) in [6.45, 7) is 3.31. The number of nitriles is 1. The Morgan fingerprint density at radius 3 is 2.64 bits per heavy atom. The predicted molar refractivity (Wildman–Crippen MR) is 112 cm³/mol. The molecule has 1 aliphatic rings. The second-order valence-corrected chi connectivity index (χ2v) is 8.60. The molecular weight excluding hydrogens is 417 g/mol. The van der Waals surface area contributed by atoms with Crippen LogP contribution >= 0.6 is 35.0 Å². The van der Waals surface area contributed by atoms with Crippen LogP contribution in [-0.4, -0.2) is 34.7 Å². The summed E-state index contributed by atoms with van der Waals surface area (Å²) >= 11 is 13.7. The molecule has 0 amide bonds. The van der Waals surface area contributed by atoms with Gasteiger partial charge in [-0.25, -0.2) is 9.97 Å². The van der Waals surface area contributed by atoms with Gasteiger partial charge in [0, 0.05) is 24.5 Å². The van der Waals surface area contributed by atoms with Gasteiger partial charge in [0.15, 0.2) is 5.82 Å². The number of hydrogen-bond donors (Lipinski definition) is 2. The third-order valence-corrected chi connectivity index (χ3v) is 7.07. The average Bonchev–Trinajstić information content (AvgIpc) is 2.72. The number of halogens is 2. The Hall–Kier alpha value is -1.56. The fraction of sp³-hybridized carbons (Fsp3) is 0.421. The lowest BCUT2D eigenvalue weighted by Crippen LogP contribution is -2.44. The highest BCUT2D eigenvalue weighted by atomic mass is 35.5. The van der Waals surface area contributed by atoms with E-state index in [0.29, 0.717) is 59.1 Å². The van der Waals surface area contributed by atoms with E-state index in [0.717, 1.165) is 10.6 Å². The van der Waals surface area contributed by atoms with Crippen LogP contribution in [0.2, 0.25) is 10.0 Å². The number of aliphatic hydroxyl groups is 1. The Bertz CT molecular complexity index is 910. The van der Waals surface area contributed by atoms with Gasteiger partial charge in [0.2, 0.25) is 0 Å². The van der Waals surface area contributed by atoms with Gasteiger partial charge in [-0.2, -0.15) is 5.26 Å². The van der Waals surface area contributed by atoms with Crippen molar-refractivity contribution in [2.45, 2.75) is 36.3 Å². The molecule has 0 radical (unpaired) electrons. The molecule has 9 heteroatoms. The molecule has 148 valence electrons. The van der Waals surface area contributed by atoms with Gasteiger partial charge in [0.25, 0.3) is 0 Å². The fourth-order valence-corrected chi connectivity index (χ4v) is 4.53. The topological polar surface area (TPSA) is 99.1 Å². The maximum Gasteiger partial charge on any atom is 0.153 e. The molecule has 2 heterocycles. The van der Waals surface area contributed by atoms with Crippen molar-refractivity contribution in [1.82, 2.24) is 9.97 Å². The maximum absolute atomic E-state index is 9.87. The molecule has 6 nitrogen and oxygen atoms in total. The number of aromatic nitrogens is 2. The van der Waals surface area contributed by atoms with Crippen molar-refractivity contribution in [3.8, 4) is 6.07 Å². The van der Waals surface area contributed by atoms with Crippen LogP contribution in [0.3, 0.4) is 0 Å². The zero-order chi connectivity index (χ0) is 20.3. The Balaban J connectivity index is 1.87. The van der Waals surface area contributed by atoms with Gasteiger partial charge >= 0.3 is 0 Å². The molecule has 1 aliphatic heterocycles. The summed E-state index contributed by atoms with van der Waals surface area (Å²) in [5, 5.41) is 20.9. The summed E-state index contributed by atoms with van der Waals surface area (Å²) in [6, 6.07) is 7.78. The molecule has 28 heavy (non-hydrogen) atoms. The molecule has 1 saturated heterocycles. The normalized spacial score (nSPS) is 16.1. The van der Waals surface area contributed by atoms with Gasteiger partial charge in [-0.05, 0) is 31.9 Å². The van der Waals surface area contributed by atoms with Gasteiger partial charge < -0.3 is 15.7 Å². The summed E-state index contributed by atoms with van der Waals surface area (Å²) in [5.74, 6) is 0.658. The first-order valence-corrected chi connectivity index (χ1v) is 10.5. The van der Waals surface area contributed by atoms with Crippen molar-refractivity contribution in [2.75, 3.05) is 24.5 Å². The number of benzene rings is 1. The minimum absolute atomic E-state index is 0.226. The average molecular weight is 438 g/mol. The summed E-state index contributed by atoms with van der Waals surface area (Å²) in [7, 11) is 0. The number of nitrogens with zero attached hydrogens (tertiary/aromatic N) is 4. The second kappa shape index (κ2) is 8.85. The maximum atomic E-state index is 9.87. The van der Waals surface area contributed by atoms with Crippen molar-refractivity contribution in [3.63, 3.8) is 0 Å². The molecule has 1 fully saturated rings. The molecule has 3 N–H and O–H groups in total.